The molecule has 2 atom stereocenters. The Labute approximate surface area is 49.7 Å². The molecule has 1 rings (SSSR count). The third-order valence-corrected chi connectivity index (χ3v) is 3.20. The van der Waals surface area contributed by atoms with Gasteiger partial charge < -0.3 is 0 Å². The average molecular weight is 116 g/mol. The minimum absolute atomic E-state index is 1.03. The lowest BCUT2D eigenvalue weighted by Gasteiger charge is -1.81. The van der Waals surface area contributed by atoms with E-state index >= 15 is 0 Å². The van der Waals surface area contributed by atoms with Gasteiger partial charge in [0.2, 0.25) is 0 Å². The van der Waals surface area contributed by atoms with Gasteiger partial charge in [-0.3, -0.25) is 0 Å². The lowest BCUT2D eigenvalue weighted by Crippen LogP contribution is -1.87. The van der Waals surface area contributed by atoms with Gasteiger partial charge in [0.05, 0.1) is 0 Å². The van der Waals surface area contributed by atoms with Crippen LogP contribution in [0.5, 0.6) is 0 Å². The summed E-state index contributed by atoms with van der Waals surface area (Å²) in [7, 11) is 0. The van der Waals surface area contributed by atoms with Crippen LogP contribution in [-0.4, -0.2) is 10.5 Å². The van der Waals surface area contributed by atoms with Crippen molar-refractivity contribution < 1.29 is 0 Å². The molecule has 1 aliphatic heterocycles. The molecule has 1 saturated heterocycles. The van der Waals surface area contributed by atoms with E-state index in [-0.39, 0.29) is 0 Å². The van der Waals surface area contributed by atoms with Crippen LogP contribution in [0.15, 0.2) is 0 Å². The molecule has 0 aromatic rings. The maximum Gasteiger partial charge on any atom is 0.0167 e. The van der Waals surface area contributed by atoms with E-state index in [0.29, 0.717) is 0 Å². The summed E-state index contributed by atoms with van der Waals surface area (Å²) in [5.41, 5.74) is 0. The predicted molar refractivity (Wildman–Crippen MR) is 35.7 cm³/mol. The van der Waals surface area contributed by atoms with E-state index in [2.05, 4.69) is 25.6 Å². The van der Waals surface area contributed by atoms with E-state index in [4.69, 9.17) is 0 Å². The van der Waals surface area contributed by atoms with Crippen molar-refractivity contribution in [3.05, 3.63) is 0 Å². The molecule has 0 spiro atoms. The van der Waals surface area contributed by atoms with Crippen LogP contribution >= 0.6 is 11.8 Å². The molecule has 7 heavy (non-hydrogen) atoms. The standard InChI is InChI=1S/C6H12S/c1-3-5-6(4-2)7-5/h5-6H,3-4H2,1-2H3. The SMILES string of the molecule is CCC1SC1CC. The molecule has 1 fully saturated rings. The summed E-state index contributed by atoms with van der Waals surface area (Å²) in [6.07, 6.45) is 2.76. The summed E-state index contributed by atoms with van der Waals surface area (Å²) in [5.74, 6) is 0. The maximum absolute atomic E-state index is 2.27. The average Bonchev–Trinajstić information content (AvgIpc) is 2.43. The lowest BCUT2D eigenvalue weighted by atomic mass is 10.2. The second-order valence-electron chi connectivity index (χ2n) is 2.03. The fraction of sp³-hybridized carbons (Fsp3) is 1.00. The van der Waals surface area contributed by atoms with E-state index in [1.54, 1.807) is 0 Å². The predicted octanol–water partition coefficient (Wildman–Crippen LogP) is 2.29. The summed E-state index contributed by atoms with van der Waals surface area (Å²) in [6.45, 7) is 4.54. The molecule has 1 heteroatoms. The van der Waals surface area contributed by atoms with Gasteiger partial charge in [0.1, 0.15) is 0 Å². The van der Waals surface area contributed by atoms with Gasteiger partial charge in [-0.05, 0) is 12.8 Å². The van der Waals surface area contributed by atoms with E-state index in [9.17, 15) is 0 Å². The number of hydrogen-bond acceptors (Lipinski definition) is 1. The van der Waals surface area contributed by atoms with Crippen molar-refractivity contribution >= 4 is 11.8 Å². The molecule has 0 aromatic heterocycles. The first-order valence-electron chi connectivity index (χ1n) is 3.04. The van der Waals surface area contributed by atoms with Crippen LogP contribution in [0.4, 0.5) is 0 Å². The second-order valence-corrected chi connectivity index (χ2v) is 3.51. The molecule has 42 valence electrons. The summed E-state index contributed by atoms with van der Waals surface area (Å²) >= 11 is 2.14. The Morgan fingerprint density at radius 2 is 1.57 bits per heavy atom. The van der Waals surface area contributed by atoms with Crippen LogP contribution in [0.2, 0.25) is 0 Å². The Bertz CT molecular complexity index is 53.2. The Kier molecular flexibility index (Phi) is 1.63. The van der Waals surface area contributed by atoms with Gasteiger partial charge in [-0.15, -0.1) is 0 Å². The molecule has 0 radical (unpaired) electrons. The van der Waals surface area contributed by atoms with Crippen LogP contribution in [0.25, 0.3) is 0 Å². The quantitative estimate of drug-likeness (QED) is 0.499. The summed E-state index contributed by atoms with van der Waals surface area (Å²) in [4.78, 5) is 0. The molecule has 0 N–H and O–H groups in total. The molecule has 1 aliphatic rings. The van der Waals surface area contributed by atoms with Crippen molar-refractivity contribution in [1.29, 1.82) is 0 Å². The highest BCUT2D eigenvalue weighted by atomic mass is 32.2. The van der Waals surface area contributed by atoms with Crippen molar-refractivity contribution in [1.82, 2.24) is 0 Å². The second kappa shape index (κ2) is 2.08. The summed E-state index contributed by atoms with van der Waals surface area (Å²) < 4.78 is 0. The zero-order chi connectivity index (χ0) is 5.28. The van der Waals surface area contributed by atoms with E-state index in [0.717, 1.165) is 10.5 Å². The maximum atomic E-state index is 2.27. The van der Waals surface area contributed by atoms with Crippen LogP contribution < -0.4 is 0 Å². The smallest absolute Gasteiger partial charge is 0.0167 e. The van der Waals surface area contributed by atoms with Crippen LogP contribution in [0.3, 0.4) is 0 Å². The molecule has 0 saturated carbocycles. The van der Waals surface area contributed by atoms with Gasteiger partial charge >= 0.3 is 0 Å². The first kappa shape index (κ1) is 5.49. The Morgan fingerprint density at radius 3 is 1.71 bits per heavy atom. The molecular formula is C6H12S. The summed E-state index contributed by atoms with van der Waals surface area (Å²) in [6, 6.07) is 0. The first-order chi connectivity index (χ1) is 3.38. The fourth-order valence-corrected chi connectivity index (χ4v) is 2.03. The third kappa shape index (κ3) is 1.12. The molecule has 0 aliphatic carbocycles. The monoisotopic (exact) mass is 116 g/mol. The van der Waals surface area contributed by atoms with Gasteiger partial charge in [-0.1, -0.05) is 13.8 Å². The molecule has 0 amide bonds. The van der Waals surface area contributed by atoms with Crippen molar-refractivity contribution in [3.63, 3.8) is 0 Å². The Hall–Kier alpha value is 0.350. The molecule has 1 heterocycles. The Balaban J connectivity index is 2.06. The normalized spacial score (nSPS) is 38.6. The highest BCUT2D eigenvalue weighted by molar-refractivity contribution is 8.07. The zero-order valence-corrected chi connectivity index (χ0v) is 5.79. The number of thioether (sulfide) groups is 1. The van der Waals surface area contributed by atoms with Crippen molar-refractivity contribution in [2.45, 2.75) is 37.2 Å². The molecule has 0 aromatic carbocycles. The number of hydrogen-bond donors (Lipinski definition) is 0. The molecule has 2 unspecified atom stereocenters. The van der Waals surface area contributed by atoms with E-state index in [1.807, 2.05) is 0 Å². The highest BCUT2D eigenvalue weighted by Crippen LogP contribution is 2.45. The van der Waals surface area contributed by atoms with Crippen LogP contribution in [0, 0.1) is 0 Å². The van der Waals surface area contributed by atoms with E-state index in [1.165, 1.54) is 12.8 Å². The van der Waals surface area contributed by atoms with Crippen LogP contribution in [-0.2, 0) is 0 Å². The molecule has 0 nitrogen and oxygen atoms in total. The highest BCUT2D eigenvalue weighted by Gasteiger charge is 2.33. The third-order valence-electron chi connectivity index (χ3n) is 1.49. The van der Waals surface area contributed by atoms with Gasteiger partial charge in [0.15, 0.2) is 0 Å². The topological polar surface area (TPSA) is 0 Å². The van der Waals surface area contributed by atoms with Gasteiger partial charge in [-0.25, -0.2) is 0 Å². The van der Waals surface area contributed by atoms with Gasteiger partial charge in [0, 0.05) is 10.5 Å². The summed E-state index contributed by atoms with van der Waals surface area (Å²) in [5, 5.41) is 2.06. The zero-order valence-electron chi connectivity index (χ0n) is 4.98. The number of rotatable bonds is 2. The van der Waals surface area contributed by atoms with Gasteiger partial charge in [0.25, 0.3) is 0 Å². The van der Waals surface area contributed by atoms with Crippen molar-refractivity contribution in [2.75, 3.05) is 0 Å². The minimum atomic E-state index is 1.03. The minimum Gasteiger partial charge on any atom is -0.153 e. The van der Waals surface area contributed by atoms with Gasteiger partial charge in [-0.2, -0.15) is 11.8 Å². The van der Waals surface area contributed by atoms with Crippen molar-refractivity contribution in [2.24, 2.45) is 0 Å². The lowest BCUT2D eigenvalue weighted by molar-refractivity contribution is 0.817. The largest absolute Gasteiger partial charge is 0.153 e. The van der Waals surface area contributed by atoms with Crippen molar-refractivity contribution in [3.8, 4) is 0 Å². The Morgan fingerprint density at radius 1 is 1.14 bits per heavy atom. The fourth-order valence-electron chi connectivity index (χ4n) is 0.897. The molecular weight excluding hydrogens is 104 g/mol. The van der Waals surface area contributed by atoms with E-state index < -0.39 is 0 Å². The van der Waals surface area contributed by atoms with Crippen LogP contribution in [0.1, 0.15) is 26.7 Å². The molecule has 0 bridgehead atoms. The first-order valence-corrected chi connectivity index (χ1v) is 3.98.